The molecular weight excluding hydrogens is 174 g/mol. The first-order chi connectivity index (χ1) is 5.38. The number of nitrogens with one attached hydrogen (secondary N) is 1. The molecule has 0 spiro atoms. The monoisotopic (exact) mass is 187 g/mol. The maximum Gasteiger partial charge on any atom is 0.105 e. The van der Waals surface area contributed by atoms with Crippen LogP contribution in [0.1, 0.15) is 18.3 Å². The highest BCUT2D eigenvalue weighted by molar-refractivity contribution is 5.85. The minimum atomic E-state index is 0. The molecule has 12 heavy (non-hydrogen) atoms. The van der Waals surface area contributed by atoms with Crippen LogP contribution in [0.25, 0.3) is 0 Å². The molecule has 1 aliphatic heterocycles. The number of hydrogen-bond donors (Lipinski definition) is 1. The Morgan fingerprint density at radius 2 is 2.50 bits per heavy atom. The normalized spacial score (nSPS) is 22.2. The van der Waals surface area contributed by atoms with Crippen molar-refractivity contribution in [2.24, 2.45) is 0 Å². The van der Waals surface area contributed by atoms with Crippen LogP contribution in [0.4, 0.5) is 0 Å². The number of hydrogen-bond acceptors (Lipinski definition) is 2. The summed E-state index contributed by atoms with van der Waals surface area (Å²) in [5.41, 5.74) is 0. The Bertz CT molecular complexity index is 240. The van der Waals surface area contributed by atoms with E-state index in [1.807, 2.05) is 6.20 Å². The fraction of sp³-hybridized carbons (Fsp3) is 0.625. The zero-order valence-corrected chi connectivity index (χ0v) is 7.97. The van der Waals surface area contributed by atoms with Crippen LogP contribution in [0.15, 0.2) is 12.4 Å². The maximum atomic E-state index is 4.20. The zero-order chi connectivity index (χ0) is 7.68. The van der Waals surface area contributed by atoms with Crippen molar-refractivity contribution in [1.29, 1.82) is 0 Å². The average Bonchev–Trinajstić information content (AvgIpc) is 2.55. The van der Waals surface area contributed by atoms with Gasteiger partial charge in [0.25, 0.3) is 0 Å². The molecule has 0 amide bonds. The molecule has 1 unspecified atom stereocenters. The lowest BCUT2D eigenvalue weighted by atomic mass is 10.2. The molecule has 1 fully saturated rings. The lowest BCUT2D eigenvalue weighted by molar-refractivity contribution is 0.533. The minimum Gasteiger partial charge on any atom is -0.331 e. The summed E-state index contributed by atoms with van der Waals surface area (Å²) >= 11 is 0. The Labute approximate surface area is 78.6 Å². The van der Waals surface area contributed by atoms with Gasteiger partial charge in [0.1, 0.15) is 5.82 Å². The second kappa shape index (κ2) is 3.92. The van der Waals surface area contributed by atoms with Crippen molar-refractivity contribution < 1.29 is 0 Å². The molecule has 1 saturated heterocycles. The molecule has 1 aromatic heterocycles. The van der Waals surface area contributed by atoms with Crippen molar-refractivity contribution in [2.75, 3.05) is 13.1 Å². The quantitative estimate of drug-likeness (QED) is 0.715. The second-order valence-electron chi connectivity index (χ2n) is 3.03. The largest absolute Gasteiger partial charge is 0.331 e. The third kappa shape index (κ3) is 1.62. The van der Waals surface area contributed by atoms with E-state index in [0.29, 0.717) is 6.04 Å². The van der Waals surface area contributed by atoms with Crippen LogP contribution in [0, 0.1) is 6.92 Å². The van der Waals surface area contributed by atoms with E-state index >= 15 is 0 Å². The molecule has 4 heteroatoms. The van der Waals surface area contributed by atoms with Crippen molar-refractivity contribution in [3.63, 3.8) is 0 Å². The number of nitrogens with zero attached hydrogens (tertiary/aromatic N) is 2. The van der Waals surface area contributed by atoms with Gasteiger partial charge in [0.2, 0.25) is 0 Å². The molecule has 3 nitrogen and oxygen atoms in total. The van der Waals surface area contributed by atoms with Gasteiger partial charge in [-0.3, -0.25) is 0 Å². The van der Waals surface area contributed by atoms with Gasteiger partial charge in [0, 0.05) is 25.0 Å². The minimum absolute atomic E-state index is 0. The summed E-state index contributed by atoms with van der Waals surface area (Å²) < 4.78 is 2.25. The second-order valence-corrected chi connectivity index (χ2v) is 3.03. The fourth-order valence-corrected chi connectivity index (χ4v) is 1.65. The average molecular weight is 188 g/mol. The predicted molar refractivity (Wildman–Crippen MR) is 50.7 cm³/mol. The van der Waals surface area contributed by atoms with E-state index in [4.69, 9.17) is 0 Å². The highest BCUT2D eigenvalue weighted by atomic mass is 35.5. The third-order valence-electron chi connectivity index (χ3n) is 2.29. The molecule has 2 rings (SSSR count). The van der Waals surface area contributed by atoms with Gasteiger partial charge in [-0.25, -0.2) is 4.98 Å². The Hall–Kier alpha value is -0.540. The van der Waals surface area contributed by atoms with Crippen molar-refractivity contribution in [3.05, 3.63) is 18.2 Å². The van der Waals surface area contributed by atoms with Gasteiger partial charge in [-0.05, 0) is 19.9 Å². The summed E-state index contributed by atoms with van der Waals surface area (Å²) in [5.74, 6) is 1.12. The maximum absolute atomic E-state index is 4.20. The number of rotatable bonds is 1. The SMILES string of the molecule is Cc1nccn1C1CCNC1.Cl. The summed E-state index contributed by atoms with van der Waals surface area (Å²) in [5, 5.41) is 3.34. The Balaban J connectivity index is 0.000000720. The highest BCUT2D eigenvalue weighted by Gasteiger charge is 2.16. The Morgan fingerprint density at radius 1 is 1.67 bits per heavy atom. The van der Waals surface area contributed by atoms with E-state index in [1.165, 1.54) is 6.42 Å². The molecule has 0 radical (unpaired) electrons. The van der Waals surface area contributed by atoms with E-state index < -0.39 is 0 Å². The van der Waals surface area contributed by atoms with Gasteiger partial charge in [0.15, 0.2) is 0 Å². The van der Waals surface area contributed by atoms with Crippen molar-refractivity contribution in [3.8, 4) is 0 Å². The molecule has 1 aliphatic rings. The van der Waals surface area contributed by atoms with Crippen LogP contribution in [-0.2, 0) is 0 Å². The topological polar surface area (TPSA) is 29.9 Å². The Kier molecular flexibility index (Phi) is 3.12. The lowest BCUT2D eigenvalue weighted by Gasteiger charge is -2.11. The van der Waals surface area contributed by atoms with E-state index in [0.717, 1.165) is 18.9 Å². The van der Waals surface area contributed by atoms with E-state index in [1.54, 1.807) is 0 Å². The summed E-state index contributed by atoms with van der Waals surface area (Å²) in [4.78, 5) is 4.20. The van der Waals surface area contributed by atoms with Crippen LogP contribution in [0.2, 0.25) is 0 Å². The number of aromatic nitrogens is 2. The summed E-state index contributed by atoms with van der Waals surface area (Å²) in [7, 11) is 0. The summed E-state index contributed by atoms with van der Waals surface area (Å²) in [6.07, 6.45) is 5.16. The molecule has 0 saturated carbocycles. The van der Waals surface area contributed by atoms with E-state index in [2.05, 4.69) is 28.0 Å². The summed E-state index contributed by atoms with van der Waals surface area (Å²) in [6, 6.07) is 0.637. The fourth-order valence-electron chi connectivity index (χ4n) is 1.65. The van der Waals surface area contributed by atoms with E-state index in [9.17, 15) is 0 Å². The Morgan fingerprint density at radius 3 is 3.00 bits per heavy atom. The molecule has 1 atom stereocenters. The van der Waals surface area contributed by atoms with Crippen LogP contribution < -0.4 is 5.32 Å². The van der Waals surface area contributed by atoms with Gasteiger partial charge in [-0.2, -0.15) is 0 Å². The van der Waals surface area contributed by atoms with Gasteiger partial charge in [0.05, 0.1) is 0 Å². The molecule has 1 N–H and O–H groups in total. The molecule has 0 bridgehead atoms. The molecule has 68 valence electrons. The van der Waals surface area contributed by atoms with Crippen LogP contribution in [0.5, 0.6) is 0 Å². The van der Waals surface area contributed by atoms with E-state index in [-0.39, 0.29) is 12.4 Å². The van der Waals surface area contributed by atoms with Gasteiger partial charge >= 0.3 is 0 Å². The van der Waals surface area contributed by atoms with Gasteiger partial charge < -0.3 is 9.88 Å². The van der Waals surface area contributed by atoms with Crippen molar-refractivity contribution in [2.45, 2.75) is 19.4 Å². The molecule has 0 aromatic carbocycles. The van der Waals surface area contributed by atoms with Crippen LogP contribution >= 0.6 is 12.4 Å². The molecule has 2 heterocycles. The highest BCUT2D eigenvalue weighted by Crippen LogP contribution is 2.15. The predicted octanol–water partition coefficient (Wildman–Crippen LogP) is 1.15. The van der Waals surface area contributed by atoms with Crippen LogP contribution in [-0.4, -0.2) is 22.6 Å². The number of halogens is 1. The number of imidazole rings is 1. The standard InChI is InChI=1S/C8H13N3.ClH/c1-7-10-4-5-11(7)8-2-3-9-6-8;/h4-5,8-9H,2-3,6H2,1H3;1H. The van der Waals surface area contributed by atoms with Crippen LogP contribution in [0.3, 0.4) is 0 Å². The van der Waals surface area contributed by atoms with Crippen molar-refractivity contribution in [1.82, 2.24) is 14.9 Å². The zero-order valence-electron chi connectivity index (χ0n) is 7.16. The first-order valence-corrected chi connectivity index (χ1v) is 4.08. The molecule has 1 aromatic rings. The lowest BCUT2D eigenvalue weighted by Crippen LogP contribution is -2.13. The smallest absolute Gasteiger partial charge is 0.105 e. The van der Waals surface area contributed by atoms with Crippen molar-refractivity contribution >= 4 is 12.4 Å². The number of aryl methyl sites for hydroxylation is 1. The molecule has 0 aliphatic carbocycles. The molecular formula is C8H14ClN3. The van der Waals surface area contributed by atoms with Gasteiger partial charge in [-0.15, -0.1) is 12.4 Å². The first kappa shape index (κ1) is 9.55. The summed E-state index contributed by atoms with van der Waals surface area (Å²) in [6.45, 7) is 4.29. The first-order valence-electron chi connectivity index (χ1n) is 4.08. The van der Waals surface area contributed by atoms with Gasteiger partial charge in [-0.1, -0.05) is 0 Å². The third-order valence-corrected chi connectivity index (χ3v) is 2.29.